The van der Waals surface area contributed by atoms with E-state index in [-0.39, 0.29) is 34.6 Å². The van der Waals surface area contributed by atoms with E-state index in [9.17, 15) is 14.4 Å². The number of fused-ring (bicyclic) bond motifs is 2. The molecule has 0 bridgehead atoms. The van der Waals surface area contributed by atoms with Gasteiger partial charge < -0.3 is 0 Å². The number of carbonyl (C=O) groups is 3. The van der Waals surface area contributed by atoms with E-state index in [0.29, 0.717) is 24.3 Å². The smallest absolute Gasteiger partial charge is 0.158 e. The molecule has 0 heterocycles. The first-order valence-corrected chi connectivity index (χ1v) is 8.58. The third-order valence-electron chi connectivity index (χ3n) is 6.36. The van der Waals surface area contributed by atoms with Crippen LogP contribution in [-0.4, -0.2) is 17.3 Å². The van der Waals surface area contributed by atoms with E-state index in [1.807, 2.05) is 26.8 Å². The van der Waals surface area contributed by atoms with Crippen LogP contribution in [0.5, 0.6) is 0 Å². The second kappa shape index (κ2) is 4.99. The Morgan fingerprint density at radius 3 is 2.43 bits per heavy atom. The lowest BCUT2D eigenvalue weighted by molar-refractivity contribution is -0.142. The fourth-order valence-electron chi connectivity index (χ4n) is 4.95. The van der Waals surface area contributed by atoms with Crippen molar-refractivity contribution in [3.8, 4) is 0 Å². The van der Waals surface area contributed by atoms with Crippen LogP contribution in [0.15, 0.2) is 23.3 Å². The van der Waals surface area contributed by atoms with Crippen molar-refractivity contribution in [2.45, 2.75) is 53.9 Å². The first-order chi connectivity index (χ1) is 10.6. The fraction of sp³-hybridized carbons (Fsp3) is 0.650. The minimum atomic E-state index is -1.02. The molecular formula is C20H26O3. The van der Waals surface area contributed by atoms with Crippen molar-refractivity contribution >= 4 is 17.3 Å². The zero-order chi connectivity index (χ0) is 17.2. The maximum absolute atomic E-state index is 13.4. The largest absolute Gasteiger partial charge is 0.299 e. The summed E-state index contributed by atoms with van der Waals surface area (Å²) in [5, 5.41) is 0. The van der Waals surface area contributed by atoms with Gasteiger partial charge in [-0.1, -0.05) is 32.9 Å². The Bertz CT molecular complexity index is 664. The average Bonchev–Trinajstić information content (AvgIpc) is 2.88. The van der Waals surface area contributed by atoms with Crippen molar-refractivity contribution in [1.82, 2.24) is 0 Å². The molecule has 3 rings (SSSR count). The first-order valence-electron chi connectivity index (χ1n) is 8.58. The molecule has 124 valence electrons. The molecule has 0 aliphatic heterocycles. The summed E-state index contributed by atoms with van der Waals surface area (Å²) >= 11 is 0. The molecule has 1 fully saturated rings. The molecule has 3 nitrogen and oxygen atoms in total. The molecule has 0 radical (unpaired) electrons. The second-order valence-corrected chi connectivity index (χ2v) is 8.59. The summed E-state index contributed by atoms with van der Waals surface area (Å²) in [5.74, 6) is -0.0181. The number of ketones is 3. The Kier molecular flexibility index (Phi) is 3.55. The lowest BCUT2D eigenvalue weighted by atomic mass is 9.64. The van der Waals surface area contributed by atoms with Crippen LogP contribution in [0.2, 0.25) is 0 Å². The van der Waals surface area contributed by atoms with Gasteiger partial charge >= 0.3 is 0 Å². The van der Waals surface area contributed by atoms with Crippen LogP contribution in [0.1, 0.15) is 53.9 Å². The van der Waals surface area contributed by atoms with E-state index in [1.54, 1.807) is 6.92 Å². The molecule has 0 aromatic rings. The van der Waals surface area contributed by atoms with Crippen LogP contribution >= 0.6 is 0 Å². The van der Waals surface area contributed by atoms with Crippen LogP contribution in [0.3, 0.4) is 0 Å². The molecule has 0 aromatic carbocycles. The quantitative estimate of drug-likeness (QED) is 0.641. The van der Waals surface area contributed by atoms with Crippen molar-refractivity contribution in [3.63, 3.8) is 0 Å². The molecule has 3 aliphatic carbocycles. The van der Waals surface area contributed by atoms with Crippen molar-refractivity contribution in [2.75, 3.05) is 0 Å². The van der Waals surface area contributed by atoms with Gasteiger partial charge in [-0.05, 0) is 48.7 Å². The maximum atomic E-state index is 13.4. The van der Waals surface area contributed by atoms with Gasteiger partial charge in [0.15, 0.2) is 11.6 Å². The van der Waals surface area contributed by atoms with Crippen molar-refractivity contribution < 1.29 is 14.4 Å². The summed E-state index contributed by atoms with van der Waals surface area (Å²) in [6.07, 6.45) is 5.40. The summed E-state index contributed by atoms with van der Waals surface area (Å²) in [4.78, 5) is 38.9. The van der Waals surface area contributed by atoms with Gasteiger partial charge in [-0.2, -0.15) is 0 Å². The Balaban J connectivity index is 2.17. The topological polar surface area (TPSA) is 51.2 Å². The Hall–Kier alpha value is -1.51. The second-order valence-electron chi connectivity index (χ2n) is 8.59. The van der Waals surface area contributed by atoms with Crippen LogP contribution in [-0.2, 0) is 14.4 Å². The maximum Gasteiger partial charge on any atom is 0.158 e. The SMILES string of the molecule is C/C1=C/C2=C[C@H](C)C[C@@H]2C(=O)[C@]2(C)C(=O)CC(C)(C)[C@@H]2CC1=O. The molecule has 3 aliphatic rings. The monoisotopic (exact) mass is 314 g/mol. The third-order valence-corrected chi connectivity index (χ3v) is 6.36. The standard InChI is InChI=1S/C20H26O3/c1-11-6-13-8-12(2)15(21)9-16-19(3,4)10-17(22)20(16,5)18(23)14(13)7-11/h6,8,11,14,16H,7,9-10H2,1-5H3/b12-8-/t11-,14-,16-,20-/m0/s1. The van der Waals surface area contributed by atoms with Gasteiger partial charge in [-0.3, -0.25) is 14.4 Å². The summed E-state index contributed by atoms with van der Waals surface area (Å²) in [5.41, 5.74) is 0.316. The number of allylic oxidation sites excluding steroid dienone is 4. The zero-order valence-electron chi connectivity index (χ0n) is 14.7. The van der Waals surface area contributed by atoms with Crippen molar-refractivity contribution in [1.29, 1.82) is 0 Å². The number of rotatable bonds is 0. The Morgan fingerprint density at radius 2 is 1.78 bits per heavy atom. The van der Waals surface area contributed by atoms with Gasteiger partial charge in [-0.15, -0.1) is 0 Å². The van der Waals surface area contributed by atoms with Crippen molar-refractivity contribution in [2.24, 2.45) is 28.6 Å². The predicted molar refractivity (Wildman–Crippen MR) is 88.7 cm³/mol. The molecule has 4 atom stereocenters. The molecule has 0 amide bonds. The van der Waals surface area contributed by atoms with E-state index in [4.69, 9.17) is 0 Å². The normalized spacial score (nSPS) is 42.1. The lowest BCUT2D eigenvalue weighted by Gasteiger charge is -2.36. The Morgan fingerprint density at radius 1 is 1.13 bits per heavy atom. The average molecular weight is 314 g/mol. The highest BCUT2D eigenvalue weighted by molar-refractivity contribution is 6.12. The molecule has 0 saturated heterocycles. The summed E-state index contributed by atoms with van der Waals surface area (Å²) in [6, 6.07) is 0. The van der Waals surface area contributed by atoms with Gasteiger partial charge in [0.05, 0.1) is 5.41 Å². The van der Waals surface area contributed by atoms with Crippen LogP contribution in [0.4, 0.5) is 0 Å². The van der Waals surface area contributed by atoms with Crippen LogP contribution in [0, 0.1) is 28.6 Å². The number of Topliss-reactive ketones (excluding diaryl/α,β-unsaturated/α-hetero) is 3. The van der Waals surface area contributed by atoms with Crippen molar-refractivity contribution in [3.05, 3.63) is 23.3 Å². The van der Waals surface area contributed by atoms with E-state index >= 15 is 0 Å². The van der Waals surface area contributed by atoms with Gasteiger partial charge in [0.25, 0.3) is 0 Å². The molecule has 0 unspecified atom stereocenters. The number of hydrogen-bond acceptors (Lipinski definition) is 3. The van der Waals surface area contributed by atoms with Crippen LogP contribution in [0.25, 0.3) is 0 Å². The van der Waals surface area contributed by atoms with Gasteiger partial charge in [0.2, 0.25) is 0 Å². The molecule has 0 aromatic heterocycles. The highest BCUT2D eigenvalue weighted by Crippen LogP contribution is 2.56. The van der Waals surface area contributed by atoms with E-state index in [2.05, 4.69) is 13.0 Å². The minimum absolute atomic E-state index is 0.0174. The summed E-state index contributed by atoms with van der Waals surface area (Å²) in [7, 11) is 0. The Labute approximate surface area is 138 Å². The molecule has 1 saturated carbocycles. The first kappa shape index (κ1) is 16.4. The predicted octanol–water partition coefficient (Wildman–Crippen LogP) is 3.68. The lowest BCUT2D eigenvalue weighted by Crippen LogP contribution is -2.44. The van der Waals surface area contributed by atoms with E-state index in [0.717, 1.165) is 12.0 Å². The highest BCUT2D eigenvalue weighted by atomic mass is 16.2. The van der Waals surface area contributed by atoms with E-state index in [1.165, 1.54) is 0 Å². The van der Waals surface area contributed by atoms with Gasteiger partial charge in [-0.25, -0.2) is 0 Å². The van der Waals surface area contributed by atoms with E-state index < -0.39 is 5.41 Å². The molecule has 23 heavy (non-hydrogen) atoms. The number of carbonyl (C=O) groups excluding carboxylic acids is 3. The number of hydrogen-bond donors (Lipinski definition) is 0. The molecule has 0 N–H and O–H groups in total. The fourth-order valence-corrected chi connectivity index (χ4v) is 4.95. The molecular weight excluding hydrogens is 288 g/mol. The van der Waals surface area contributed by atoms with Gasteiger partial charge in [0, 0.05) is 18.8 Å². The molecule has 3 heteroatoms. The summed E-state index contributed by atoms with van der Waals surface area (Å²) < 4.78 is 0. The minimum Gasteiger partial charge on any atom is -0.299 e. The third kappa shape index (κ3) is 2.28. The van der Waals surface area contributed by atoms with Gasteiger partial charge in [0.1, 0.15) is 5.78 Å². The summed E-state index contributed by atoms with van der Waals surface area (Å²) in [6.45, 7) is 9.76. The highest BCUT2D eigenvalue weighted by Gasteiger charge is 2.61. The molecule has 0 spiro atoms. The zero-order valence-corrected chi connectivity index (χ0v) is 14.7. The van der Waals surface area contributed by atoms with Crippen LogP contribution < -0.4 is 0 Å².